The Hall–Kier alpha value is -1.85. The lowest BCUT2D eigenvalue weighted by atomic mass is 10.2. The fraction of sp³-hybridized carbons (Fsp3) is 0.214. The summed E-state index contributed by atoms with van der Waals surface area (Å²) < 4.78 is 6.92. The molecule has 0 aliphatic carbocycles. The molecule has 7 heteroatoms. The minimum Gasteiger partial charge on any atom is -0.444 e. The number of hydrogen-bond acceptors (Lipinski definition) is 4. The summed E-state index contributed by atoms with van der Waals surface area (Å²) in [7, 11) is 0. The van der Waals surface area contributed by atoms with Crippen molar-refractivity contribution in [2.24, 2.45) is 0 Å². The third kappa shape index (κ3) is 2.66. The second-order valence-electron chi connectivity index (χ2n) is 4.54. The van der Waals surface area contributed by atoms with Crippen LogP contribution in [0.25, 0.3) is 10.9 Å². The Labute approximate surface area is 130 Å². The van der Waals surface area contributed by atoms with Crippen molar-refractivity contribution in [1.29, 1.82) is 0 Å². The Morgan fingerprint density at radius 2 is 2.10 bits per heavy atom. The SMILES string of the molecule is CCc1cnc(Cn2cnc3c(Cl)cc(Cl)cc3c2=O)o1. The van der Waals surface area contributed by atoms with Gasteiger partial charge in [0, 0.05) is 11.4 Å². The molecule has 21 heavy (non-hydrogen) atoms. The van der Waals surface area contributed by atoms with Crippen LogP contribution in [0.3, 0.4) is 0 Å². The van der Waals surface area contributed by atoms with Crippen LogP contribution in [0.4, 0.5) is 0 Å². The van der Waals surface area contributed by atoms with E-state index in [0.717, 1.165) is 12.2 Å². The van der Waals surface area contributed by atoms with Crippen LogP contribution < -0.4 is 5.56 Å². The van der Waals surface area contributed by atoms with Crippen LogP contribution in [0.15, 0.2) is 33.9 Å². The number of oxazole rings is 1. The van der Waals surface area contributed by atoms with Gasteiger partial charge in [0.1, 0.15) is 12.3 Å². The molecule has 5 nitrogen and oxygen atoms in total. The lowest BCUT2D eigenvalue weighted by Crippen LogP contribution is -2.21. The summed E-state index contributed by atoms with van der Waals surface area (Å²) >= 11 is 12.0. The highest BCUT2D eigenvalue weighted by atomic mass is 35.5. The van der Waals surface area contributed by atoms with Crippen molar-refractivity contribution in [1.82, 2.24) is 14.5 Å². The number of fused-ring (bicyclic) bond motifs is 1. The zero-order chi connectivity index (χ0) is 15.0. The quantitative estimate of drug-likeness (QED) is 0.742. The molecule has 0 unspecified atom stereocenters. The number of halogens is 2. The van der Waals surface area contributed by atoms with Gasteiger partial charge in [-0.2, -0.15) is 0 Å². The topological polar surface area (TPSA) is 60.9 Å². The fourth-order valence-corrected chi connectivity index (χ4v) is 2.58. The molecule has 3 rings (SSSR count). The highest BCUT2D eigenvalue weighted by Gasteiger charge is 2.11. The van der Waals surface area contributed by atoms with Gasteiger partial charge in [0.15, 0.2) is 0 Å². The molecule has 0 fully saturated rings. The van der Waals surface area contributed by atoms with E-state index < -0.39 is 0 Å². The molecule has 2 aromatic heterocycles. The van der Waals surface area contributed by atoms with Crippen molar-refractivity contribution >= 4 is 34.1 Å². The van der Waals surface area contributed by atoms with Gasteiger partial charge in [0.05, 0.1) is 28.4 Å². The van der Waals surface area contributed by atoms with Crippen LogP contribution in [-0.2, 0) is 13.0 Å². The second-order valence-corrected chi connectivity index (χ2v) is 5.38. The van der Waals surface area contributed by atoms with Crippen molar-refractivity contribution in [3.05, 3.63) is 56.7 Å². The van der Waals surface area contributed by atoms with Gasteiger partial charge in [-0.15, -0.1) is 0 Å². The van der Waals surface area contributed by atoms with Gasteiger partial charge in [-0.25, -0.2) is 9.97 Å². The molecule has 0 amide bonds. The summed E-state index contributed by atoms with van der Waals surface area (Å²) in [6.45, 7) is 2.18. The molecule has 0 aliphatic heterocycles. The Morgan fingerprint density at radius 3 is 2.81 bits per heavy atom. The lowest BCUT2D eigenvalue weighted by molar-refractivity contribution is 0.443. The van der Waals surface area contributed by atoms with E-state index in [2.05, 4.69) is 9.97 Å². The maximum absolute atomic E-state index is 12.4. The highest BCUT2D eigenvalue weighted by Crippen LogP contribution is 2.24. The standard InChI is InChI=1S/C14H11Cl2N3O2/c1-2-9-5-17-12(21-9)6-19-7-18-13-10(14(19)20)3-8(15)4-11(13)16/h3-5,7H,2,6H2,1H3. The molecule has 3 aromatic rings. The average molecular weight is 324 g/mol. The highest BCUT2D eigenvalue weighted by molar-refractivity contribution is 6.38. The van der Waals surface area contributed by atoms with Crippen LogP contribution >= 0.6 is 23.2 Å². The Balaban J connectivity index is 2.07. The smallest absolute Gasteiger partial charge is 0.261 e. The summed E-state index contributed by atoms with van der Waals surface area (Å²) in [6.07, 6.45) is 3.84. The number of rotatable bonds is 3. The molecule has 1 aromatic carbocycles. The largest absolute Gasteiger partial charge is 0.444 e. The molecule has 0 atom stereocenters. The third-order valence-electron chi connectivity index (χ3n) is 3.10. The molecule has 0 saturated heterocycles. The summed E-state index contributed by atoms with van der Waals surface area (Å²) in [6, 6.07) is 3.12. The first kappa shape index (κ1) is 14.1. The van der Waals surface area contributed by atoms with Gasteiger partial charge >= 0.3 is 0 Å². The van der Waals surface area contributed by atoms with Gasteiger partial charge in [0.2, 0.25) is 5.89 Å². The van der Waals surface area contributed by atoms with E-state index in [-0.39, 0.29) is 12.1 Å². The van der Waals surface area contributed by atoms with Gasteiger partial charge in [-0.05, 0) is 12.1 Å². The van der Waals surface area contributed by atoms with E-state index in [1.165, 1.54) is 10.9 Å². The average Bonchev–Trinajstić information content (AvgIpc) is 2.90. The lowest BCUT2D eigenvalue weighted by Gasteiger charge is -2.05. The maximum Gasteiger partial charge on any atom is 0.261 e. The van der Waals surface area contributed by atoms with E-state index in [1.807, 2.05) is 6.92 Å². The van der Waals surface area contributed by atoms with Crippen molar-refractivity contribution < 1.29 is 4.42 Å². The number of benzene rings is 1. The summed E-state index contributed by atoms with van der Waals surface area (Å²) in [4.78, 5) is 20.8. The van der Waals surface area contributed by atoms with Gasteiger partial charge in [-0.3, -0.25) is 9.36 Å². The Kier molecular flexibility index (Phi) is 3.69. The zero-order valence-corrected chi connectivity index (χ0v) is 12.6. The third-order valence-corrected chi connectivity index (χ3v) is 3.61. The number of nitrogens with zero attached hydrogens (tertiary/aromatic N) is 3. The van der Waals surface area contributed by atoms with Crippen LogP contribution in [0.5, 0.6) is 0 Å². The summed E-state index contributed by atoms with van der Waals surface area (Å²) in [5.41, 5.74) is 0.199. The fourth-order valence-electron chi connectivity index (χ4n) is 2.04. The molecule has 2 heterocycles. The Bertz CT molecular complexity index is 870. The van der Waals surface area contributed by atoms with Gasteiger partial charge in [0.25, 0.3) is 5.56 Å². The van der Waals surface area contributed by atoms with Crippen LogP contribution in [0.1, 0.15) is 18.6 Å². The Morgan fingerprint density at radius 1 is 1.29 bits per heavy atom. The first-order valence-electron chi connectivity index (χ1n) is 6.36. The molecular formula is C14H11Cl2N3O2. The van der Waals surface area contributed by atoms with E-state index in [9.17, 15) is 4.79 Å². The zero-order valence-electron chi connectivity index (χ0n) is 11.1. The minimum absolute atomic E-state index is 0.214. The van der Waals surface area contributed by atoms with Crippen molar-refractivity contribution in [3.63, 3.8) is 0 Å². The van der Waals surface area contributed by atoms with E-state index in [4.69, 9.17) is 27.6 Å². The van der Waals surface area contributed by atoms with Crippen LogP contribution in [-0.4, -0.2) is 14.5 Å². The normalized spacial score (nSPS) is 11.2. The van der Waals surface area contributed by atoms with Crippen LogP contribution in [0, 0.1) is 0 Å². The molecule has 0 spiro atoms. The van der Waals surface area contributed by atoms with Crippen molar-refractivity contribution in [2.75, 3.05) is 0 Å². The molecule has 0 N–H and O–H groups in total. The van der Waals surface area contributed by atoms with Crippen molar-refractivity contribution in [2.45, 2.75) is 19.9 Å². The summed E-state index contributed by atoms with van der Waals surface area (Å²) in [5.74, 6) is 1.24. The monoisotopic (exact) mass is 323 g/mol. The van der Waals surface area contributed by atoms with Crippen molar-refractivity contribution in [3.8, 4) is 0 Å². The van der Waals surface area contributed by atoms with E-state index in [0.29, 0.717) is 26.8 Å². The van der Waals surface area contributed by atoms with E-state index in [1.54, 1.807) is 18.3 Å². The summed E-state index contributed by atoms with van der Waals surface area (Å²) in [5, 5.41) is 1.12. The van der Waals surface area contributed by atoms with Gasteiger partial charge < -0.3 is 4.42 Å². The maximum atomic E-state index is 12.4. The number of aryl methyl sites for hydroxylation is 1. The molecule has 0 bridgehead atoms. The number of hydrogen-bond donors (Lipinski definition) is 0. The van der Waals surface area contributed by atoms with Gasteiger partial charge in [-0.1, -0.05) is 30.1 Å². The molecule has 0 saturated carbocycles. The predicted molar refractivity (Wildman–Crippen MR) is 81.0 cm³/mol. The van der Waals surface area contributed by atoms with Crippen LogP contribution in [0.2, 0.25) is 10.0 Å². The number of aromatic nitrogens is 3. The molecule has 0 radical (unpaired) electrons. The molecular weight excluding hydrogens is 313 g/mol. The minimum atomic E-state index is -0.236. The predicted octanol–water partition coefficient (Wildman–Crippen LogP) is 3.30. The molecule has 108 valence electrons. The molecule has 0 aliphatic rings. The first-order valence-corrected chi connectivity index (χ1v) is 7.12. The first-order chi connectivity index (χ1) is 10.1. The van der Waals surface area contributed by atoms with E-state index >= 15 is 0 Å². The second kappa shape index (κ2) is 5.50.